The van der Waals surface area contributed by atoms with Crippen LogP contribution in [0, 0.1) is 6.92 Å². The number of ether oxygens (including phenoxy) is 2. The molecule has 100 valence electrons. The monoisotopic (exact) mass is 260 g/mol. The molecule has 0 N–H and O–H groups in total. The van der Waals surface area contributed by atoms with E-state index in [1.54, 1.807) is 43.0 Å². The number of methoxy groups -OCH3 is 2. The van der Waals surface area contributed by atoms with Crippen LogP contribution in [0.15, 0.2) is 24.4 Å². The highest BCUT2D eigenvalue weighted by Gasteiger charge is 2.22. The molecule has 0 aliphatic rings. The fourth-order valence-corrected chi connectivity index (χ4v) is 2.03. The molecule has 0 radical (unpaired) electrons. The van der Waals surface area contributed by atoms with Gasteiger partial charge in [0.1, 0.15) is 17.1 Å². The van der Waals surface area contributed by atoms with Crippen molar-refractivity contribution < 1.29 is 14.3 Å². The summed E-state index contributed by atoms with van der Waals surface area (Å²) in [6.45, 7) is 1.80. The van der Waals surface area contributed by atoms with Gasteiger partial charge in [-0.1, -0.05) is 6.07 Å². The fourth-order valence-electron chi connectivity index (χ4n) is 2.03. The van der Waals surface area contributed by atoms with Crippen molar-refractivity contribution in [2.45, 2.75) is 6.92 Å². The highest BCUT2D eigenvalue weighted by molar-refractivity contribution is 6.13. The summed E-state index contributed by atoms with van der Waals surface area (Å²) in [5, 5.41) is 4.18. The van der Waals surface area contributed by atoms with Gasteiger partial charge in [0.15, 0.2) is 0 Å². The Hall–Kier alpha value is -2.30. The number of hydrogen-bond donors (Lipinski definition) is 0. The van der Waals surface area contributed by atoms with Crippen molar-refractivity contribution in [3.63, 3.8) is 0 Å². The van der Waals surface area contributed by atoms with Crippen LogP contribution in [0.2, 0.25) is 0 Å². The zero-order chi connectivity index (χ0) is 14.0. The van der Waals surface area contributed by atoms with E-state index in [0.717, 1.165) is 0 Å². The predicted octanol–water partition coefficient (Wildman–Crippen LogP) is 1.98. The van der Waals surface area contributed by atoms with Crippen molar-refractivity contribution in [2.24, 2.45) is 7.05 Å². The van der Waals surface area contributed by atoms with Crippen LogP contribution in [0.25, 0.3) is 0 Å². The molecule has 2 rings (SSSR count). The van der Waals surface area contributed by atoms with Gasteiger partial charge in [-0.25, -0.2) is 0 Å². The second-order valence-corrected chi connectivity index (χ2v) is 4.17. The SMILES string of the molecule is COc1cccc(OC)c1C(=O)c1cn(C)nc1C. The van der Waals surface area contributed by atoms with E-state index in [0.29, 0.717) is 28.3 Å². The molecule has 1 aromatic heterocycles. The molecule has 0 saturated carbocycles. The Morgan fingerprint density at radius 3 is 2.21 bits per heavy atom. The van der Waals surface area contributed by atoms with Crippen LogP contribution in [-0.4, -0.2) is 29.8 Å². The number of carbonyl (C=O) groups is 1. The largest absolute Gasteiger partial charge is 0.496 e. The summed E-state index contributed by atoms with van der Waals surface area (Å²) in [6, 6.07) is 5.26. The maximum atomic E-state index is 12.6. The van der Waals surface area contributed by atoms with Gasteiger partial charge in [-0.15, -0.1) is 0 Å². The Balaban J connectivity index is 2.58. The number of rotatable bonds is 4. The molecule has 0 aliphatic carbocycles. The molecule has 0 saturated heterocycles. The van der Waals surface area contributed by atoms with Crippen LogP contribution >= 0.6 is 0 Å². The number of hydrogen-bond acceptors (Lipinski definition) is 4. The predicted molar refractivity (Wildman–Crippen MR) is 70.9 cm³/mol. The summed E-state index contributed by atoms with van der Waals surface area (Å²) in [5.41, 5.74) is 1.65. The summed E-state index contributed by atoms with van der Waals surface area (Å²) in [6.07, 6.45) is 1.70. The van der Waals surface area contributed by atoms with Gasteiger partial charge in [0.05, 0.1) is 25.5 Å². The van der Waals surface area contributed by atoms with Crippen LogP contribution in [0.1, 0.15) is 21.6 Å². The van der Waals surface area contributed by atoms with Crippen LogP contribution < -0.4 is 9.47 Å². The van der Waals surface area contributed by atoms with E-state index in [1.165, 1.54) is 14.2 Å². The molecule has 1 heterocycles. The third-order valence-corrected chi connectivity index (χ3v) is 2.91. The topological polar surface area (TPSA) is 53.4 Å². The van der Waals surface area contributed by atoms with E-state index in [9.17, 15) is 4.79 Å². The highest BCUT2D eigenvalue weighted by atomic mass is 16.5. The van der Waals surface area contributed by atoms with E-state index < -0.39 is 0 Å². The standard InChI is InChI=1S/C14H16N2O3/c1-9-10(8-16(2)15-9)14(17)13-11(18-3)6-5-7-12(13)19-4/h5-8H,1-4H3. The fraction of sp³-hybridized carbons (Fsp3) is 0.286. The molecule has 2 aromatic rings. The van der Waals surface area contributed by atoms with Crippen LogP contribution in [-0.2, 0) is 7.05 Å². The van der Waals surface area contributed by atoms with Crippen molar-refractivity contribution in [2.75, 3.05) is 14.2 Å². The lowest BCUT2D eigenvalue weighted by Crippen LogP contribution is -2.07. The first-order chi connectivity index (χ1) is 9.08. The lowest BCUT2D eigenvalue weighted by Gasteiger charge is -2.11. The van der Waals surface area contributed by atoms with Crippen LogP contribution in [0.3, 0.4) is 0 Å². The van der Waals surface area contributed by atoms with E-state index >= 15 is 0 Å². The zero-order valence-corrected chi connectivity index (χ0v) is 11.4. The minimum Gasteiger partial charge on any atom is -0.496 e. The molecule has 0 unspecified atom stereocenters. The summed E-state index contributed by atoms with van der Waals surface area (Å²) in [7, 11) is 4.84. The third-order valence-electron chi connectivity index (χ3n) is 2.91. The second kappa shape index (κ2) is 5.14. The molecular weight excluding hydrogens is 244 g/mol. The first kappa shape index (κ1) is 13.1. The molecule has 0 amide bonds. The molecule has 0 bridgehead atoms. The van der Waals surface area contributed by atoms with E-state index in [2.05, 4.69) is 5.10 Å². The van der Waals surface area contributed by atoms with Crippen LogP contribution in [0.4, 0.5) is 0 Å². The Morgan fingerprint density at radius 2 is 1.79 bits per heavy atom. The smallest absolute Gasteiger partial charge is 0.203 e. The van der Waals surface area contributed by atoms with Crippen molar-refractivity contribution in [3.8, 4) is 11.5 Å². The van der Waals surface area contributed by atoms with Gasteiger partial charge in [0, 0.05) is 13.2 Å². The van der Waals surface area contributed by atoms with Gasteiger partial charge >= 0.3 is 0 Å². The number of aryl methyl sites for hydroxylation is 2. The minimum absolute atomic E-state index is 0.153. The minimum atomic E-state index is -0.153. The number of carbonyl (C=O) groups excluding carboxylic acids is 1. The zero-order valence-electron chi connectivity index (χ0n) is 11.4. The first-order valence-corrected chi connectivity index (χ1v) is 5.84. The molecule has 1 aromatic carbocycles. The van der Waals surface area contributed by atoms with Crippen molar-refractivity contribution in [3.05, 3.63) is 41.2 Å². The average Bonchev–Trinajstić information content (AvgIpc) is 2.75. The van der Waals surface area contributed by atoms with E-state index in [1.807, 2.05) is 0 Å². The van der Waals surface area contributed by atoms with Gasteiger partial charge in [-0.2, -0.15) is 5.10 Å². The van der Waals surface area contributed by atoms with Gasteiger partial charge in [0.25, 0.3) is 0 Å². The molecule has 19 heavy (non-hydrogen) atoms. The quantitative estimate of drug-likeness (QED) is 0.789. The van der Waals surface area contributed by atoms with Gasteiger partial charge in [-0.3, -0.25) is 9.48 Å². The summed E-state index contributed by atoms with van der Waals surface area (Å²) in [4.78, 5) is 12.6. The molecule has 5 heteroatoms. The van der Waals surface area contributed by atoms with E-state index in [4.69, 9.17) is 9.47 Å². The summed E-state index contributed by atoms with van der Waals surface area (Å²) in [5.74, 6) is 0.833. The van der Waals surface area contributed by atoms with Crippen LogP contribution in [0.5, 0.6) is 11.5 Å². The highest BCUT2D eigenvalue weighted by Crippen LogP contribution is 2.31. The third kappa shape index (κ3) is 2.31. The Morgan fingerprint density at radius 1 is 1.21 bits per heavy atom. The normalized spacial score (nSPS) is 10.3. The Labute approximate surface area is 111 Å². The number of benzene rings is 1. The molecular formula is C14H16N2O3. The maximum absolute atomic E-state index is 12.6. The maximum Gasteiger partial charge on any atom is 0.203 e. The van der Waals surface area contributed by atoms with Gasteiger partial charge in [-0.05, 0) is 19.1 Å². The average molecular weight is 260 g/mol. The van der Waals surface area contributed by atoms with Gasteiger partial charge in [0.2, 0.25) is 5.78 Å². The lowest BCUT2D eigenvalue weighted by molar-refractivity contribution is 0.103. The summed E-state index contributed by atoms with van der Waals surface area (Å²) >= 11 is 0. The van der Waals surface area contributed by atoms with Crippen molar-refractivity contribution in [1.29, 1.82) is 0 Å². The van der Waals surface area contributed by atoms with E-state index in [-0.39, 0.29) is 5.78 Å². The van der Waals surface area contributed by atoms with Crippen molar-refractivity contribution >= 4 is 5.78 Å². The molecule has 0 aliphatic heterocycles. The number of ketones is 1. The first-order valence-electron chi connectivity index (χ1n) is 5.84. The molecule has 0 atom stereocenters. The van der Waals surface area contributed by atoms with Crippen molar-refractivity contribution in [1.82, 2.24) is 9.78 Å². The van der Waals surface area contributed by atoms with Gasteiger partial charge < -0.3 is 9.47 Å². The Bertz CT molecular complexity index is 595. The molecule has 0 spiro atoms. The summed E-state index contributed by atoms with van der Waals surface area (Å²) < 4.78 is 12.1. The Kier molecular flexibility index (Phi) is 3.55. The molecule has 0 fully saturated rings. The lowest BCUT2D eigenvalue weighted by atomic mass is 10.0. The number of nitrogens with zero attached hydrogens (tertiary/aromatic N) is 2. The second-order valence-electron chi connectivity index (χ2n) is 4.17. The number of aromatic nitrogens is 2. The molecule has 5 nitrogen and oxygen atoms in total.